The molecule has 0 spiro atoms. The Balaban J connectivity index is 1.94. The van der Waals surface area contributed by atoms with E-state index in [2.05, 4.69) is 10.9 Å². The SMILES string of the molecule is CN(C)S(=O)(=O)c1ccc(CNNc2ccccc2)cc1. The highest BCUT2D eigenvalue weighted by Crippen LogP contribution is 2.14. The Labute approximate surface area is 125 Å². The molecule has 0 aliphatic carbocycles. The summed E-state index contributed by atoms with van der Waals surface area (Å²) >= 11 is 0. The van der Waals surface area contributed by atoms with Crippen molar-refractivity contribution in [2.75, 3.05) is 19.5 Å². The van der Waals surface area contributed by atoms with E-state index < -0.39 is 10.0 Å². The van der Waals surface area contributed by atoms with Gasteiger partial charge in [0.25, 0.3) is 0 Å². The first-order valence-electron chi connectivity index (χ1n) is 6.55. The number of nitrogens with zero attached hydrogens (tertiary/aromatic N) is 1. The Morgan fingerprint density at radius 1 is 0.952 bits per heavy atom. The Hall–Kier alpha value is -1.89. The van der Waals surface area contributed by atoms with Crippen LogP contribution >= 0.6 is 0 Å². The van der Waals surface area contributed by atoms with Crippen molar-refractivity contribution >= 4 is 15.7 Å². The van der Waals surface area contributed by atoms with Gasteiger partial charge in [-0.2, -0.15) is 0 Å². The molecule has 0 aliphatic heterocycles. The van der Waals surface area contributed by atoms with Crippen LogP contribution in [0.25, 0.3) is 0 Å². The smallest absolute Gasteiger partial charge is 0.242 e. The number of nitrogens with one attached hydrogen (secondary N) is 2. The summed E-state index contributed by atoms with van der Waals surface area (Å²) < 4.78 is 25.1. The zero-order valence-corrected chi connectivity index (χ0v) is 12.9. The quantitative estimate of drug-likeness (QED) is 0.802. The monoisotopic (exact) mass is 305 g/mol. The summed E-state index contributed by atoms with van der Waals surface area (Å²) in [5, 5.41) is 0. The second kappa shape index (κ2) is 6.71. The lowest BCUT2D eigenvalue weighted by atomic mass is 10.2. The van der Waals surface area contributed by atoms with Crippen LogP contribution in [0.2, 0.25) is 0 Å². The fourth-order valence-corrected chi connectivity index (χ4v) is 2.66. The lowest BCUT2D eigenvalue weighted by molar-refractivity contribution is 0.520. The molecule has 112 valence electrons. The molecule has 0 saturated carbocycles. The van der Waals surface area contributed by atoms with Gasteiger partial charge in [0, 0.05) is 26.3 Å². The highest BCUT2D eigenvalue weighted by atomic mass is 32.2. The van der Waals surface area contributed by atoms with Crippen molar-refractivity contribution in [1.82, 2.24) is 9.73 Å². The third-order valence-electron chi connectivity index (χ3n) is 3.00. The van der Waals surface area contributed by atoms with Crippen molar-refractivity contribution in [2.24, 2.45) is 0 Å². The number of benzene rings is 2. The molecule has 0 atom stereocenters. The van der Waals surface area contributed by atoms with Crippen LogP contribution in [0.4, 0.5) is 5.69 Å². The molecule has 0 saturated heterocycles. The lowest BCUT2D eigenvalue weighted by Gasteiger charge is -2.12. The van der Waals surface area contributed by atoms with Gasteiger partial charge in [-0.05, 0) is 29.8 Å². The van der Waals surface area contributed by atoms with Gasteiger partial charge in [0.1, 0.15) is 0 Å². The van der Waals surface area contributed by atoms with E-state index in [0.29, 0.717) is 11.4 Å². The molecule has 2 aromatic rings. The molecule has 0 radical (unpaired) electrons. The Kier molecular flexibility index (Phi) is 4.95. The fourth-order valence-electron chi connectivity index (χ4n) is 1.76. The van der Waals surface area contributed by atoms with Crippen LogP contribution in [0.15, 0.2) is 59.5 Å². The average molecular weight is 305 g/mol. The maximum Gasteiger partial charge on any atom is 0.242 e. The maximum atomic E-state index is 11.9. The summed E-state index contributed by atoms with van der Waals surface area (Å²) in [6.07, 6.45) is 0. The van der Waals surface area contributed by atoms with Crippen molar-refractivity contribution in [3.8, 4) is 0 Å². The molecule has 0 aliphatic rings. The van der Waals surface area contributed by atoms with Gasteiger partial charge >= 0.3 is 0 Å². The number of para-hydroxylation sites is 1. The number of hydrogen-bond donors (Lipinski definition) is 2. The summed E-state index contributed by atoms with van der Waals surface area (Å²) in [5.41, 5.74) is 8.14. The maximum absolute atomic E-state index is 11.9. The molecule has 0 fully saturated rings. The summed E-state index contributed by atoms with van der Waals surface area (Å²) in [6, 6.07) is 16.6. The van der Waals surface area contributed by atoms with E-state index in [0.717, 1.165) is 11.3 Å². The van der Waals surface area contributed by atoms with Gasteiger partial charge in [0.2, 0.25) is 10.0 Å². The number of anilines is 1. The van der Waals surface area contributed by atoms with Crippen LogP contribution in [0.1, 0.15) is 5.56 Å². The minimum Gasteiger partial charge on any atom is -0.321 e. The molecule has 0 amide bonds. The standard InChI is InChI=1S/C15H19N3O2S/c1-18(2)21(19,20)15-10-8-13(9-11-15)12-16-17-14-6-4-3-5-7-14/h3-11,16-17H,12H2,1-2H3. The van der Waals surface area contributed by atoms with E-state index in [1.165, 1.54) is 18.4 Å². The van der Waals surface area contributed by atoms with Gasteiger partial charge in [-0.3, -0.25) is 0 Å². The van der Waals surface area contributed by atoms with Crippen LogP contribution < -0.4 is 10.9 Å². The summed E-state index contributed by atoms with van der Waals surface area (Å²) in [6.45, 7) is 0.594. The van der Waals surface area contributed by atoms with Gasteiger partial charge in [-0.1, -0.05) is 30.3 Å². The molecule has 2 rings (SSSR count). The van der Waals surface area contributed by atoms with Gasteiger partial charge in [-0.15, -0.1) is 0 Å². The highest BCUT2D eigenvalue weighted by Gasteiger charge is 2.16. The van der Waals surface area contributed by atoms with E-state index in [4.69, 9.17) is 0 Å². The zero-order chi connectivity index (χ0) is 15.3. The van der Waals surface area contributed by atoms with Gasteiger partial charge < -0.3 is 5.43 Å². The molecule has 0 bridgehead atoms. The summed E-state index contributed by atoms with van der Waals surface area (Å²) in [7, 11) is -0.315. The molecule has 2 aromatic carbocycles. The first-order valence-corrected chi connectivity index (χ1v) is 7.99. The minimum absolute atomic E-state index is 0.298. The van der Waals surface area contributed by atoms with E-state index in [9.17, 15) is 8.42 Å². The summed E-state index contributed by atoms with van der Waals surface area (Å²) in [4.78, 5) is 0.298. The van der Waals surface area contributed by atoms with Crippen LogP contribution in [0, 0.1) is 0 Å². The average Bonchev–Trinajstić information content (AvgIpc) is 2.49. The van der Waals surface area contributed by atoms with Crippen molar-refractivity contribution in [2.45, 2.75) is 11.4 Å². The predicted molar refractivity (Wildman–Crippen MR) is 84.2 cm³/mol. The second-order valence-corrected chi connectivity index (χ2v) is 6.93. The zero-order valence-electron chi connectivity index (χ0n) is 12.1. The molecule has 6 heteroatoms. The van der Waals surface area contributed by atoms with Crippen LogP contribution in [-0.4, -0.2) is 26.8 Å². The fraction of sp³-hybridized carbons (Fsp3) is 0.200. The van der Waals surface area contributed by atoms with E-state index >= 15 is 0 Å². The highest BCUT2D eigenvalue weighted by molar-refractivity contribution is 7.89. The number of hydrazine groups is 1. The van der Waals surface area contributed by atoms with Crippen LogP contribution in [0.5, 0.6) is 0 Å². The lowest BCUT2D eigenvalue weighted by Crippen LogP contribution is -2.22. The van der Waals surface area contributed by atoms with Crippen molar-refractivity contribution in [3.05, 3.63) is 60.2 Å². The first-order chi connectivity index (χ1) is 10.00. The second-order valence-electron chi connectivity index (χ2n) is 4.78. The van der Waals surface area contributed by atoms with E-state index in [-0.39, 0.29) is 0 Å². The molecule has 0 unspecified atom stereocenters. The Morgan fingerprint density at radius 2 is 1.57 bits per heavy atom. The number of sulfonamides is 1. The Bertz CT molecular complexity index is 668. The Morgan fingerprint density at radius 3 is 2.14 bits per heavy atom. The predicted octanol–water partition coefficient (Wildman–Crippen LogP) is 2.05. The van der Waals surface area contributed by atoms with Crippen molar-refractivity contribution in [3.63, 3.8) is 0 Å². The molecule has 0 aromatic heterocycles. The first kappa shape index (κ1) is 15.5. The molecule has 5 nitrogen and oxygen atoms in total. The van der Waals surface area contributed by atoms with Gasteiger partial charge in [0.05, 0.1) is 4.90 Å². The molecule has 21 heavy (non-hydrogen) atoms. The largest absolute Gasteiger partial charge is 0.321 e. The molecular formula is C15H19N3O2S. The van der Waals surface area contributed by atoms with Gasteiger partial charge in [0.15, 0.2) is 0 Å². The van der Waals surface area contributed by atoms with Crippen molar-refractivity contribution in [1.29, 1.82) is 0 Å². The molecule has 2 N–H and O–H groups in total. The molecule has 0 heterocycles. The third-order valence-corrected chi connectivity index (χ3v) is 4.83. The number of hydrogen-bond acceptors (Lipinski definition) is 4. The normalized spacial score (nSPS) is 11.6. The minimum atomic E-state index is -3.36. The topological polar surface area (TPSA) is 61.4 Å². The van der Waals surface area contributed by atoms with Crippen LogP contribution in [-0.2, 0) is 16.6 Å². The molecular weight excluding hydrogens is 286 g/mol. The van der Waals surface area contributed by atoms with E-state index in [1.807, 2.05) is 30.3 Å². The summed E-state index contributed by atoms with van der Waals surface area (Å²) in [5.74, 6) is 0. The van der Waals surface area contributed by atoms with Crippen molar-refractivity contribution < 1.29 is 8.42 Å². The number of rotatable bonds is 6. The van der Waals surface area contributed by atoms with E-state index in [1.54, 1.807) is 24.3 Å². The third kappa shape index (κ3) is 4.04. The van der Waals surface area contributed by atoms with Gasteiger partial charge in [-0.25, -0.2) is 18.1 Å². The van der Waals surface area contributed by atoms with Crippen LogP contribution in [0.3, 0.4) is 0 Å².